The van der Waals surface area contributed by atoms with E-state index in [4.69, 9.17) is 4.74 Å². The molecule has 19 heavy (non-hydrogen) atoms. The normalized spacial score (nSPS) is 11.4. The summed E-state index contributed by atoms with van der Waals surface area (Å²) in [6.07, 6.45) is -3.77. The first kappa shape index (κ1) is 13.5. The van der Waals surface area contributed by atoms with Gasteiger partial charge in [0.2, 0.25) is 0 Å². The second-order valence-corrected chi connectivity index (χ2v) is 4.03. The zero-order valence-electron chi connectivity index (χ0n) is 10.1. The molecule has 1 nitrogen and oxygen atoms in total. The van der Waals surface area contributed by atoms with E-state index in [2.05, 4.69) is 6.92 Å². The SMILES string of the molecule is [CH2]Cc1cccc(Oc2cccc(C(F)(F)F)c2)c1. The molecule has 2 rings (SSSR count). The predicted octanol–water partition coefficient (Wildman–Crippen LogP) is 4.87. The summed E-state index contributed by atoms with van der Waals surface area (Å²) in [6, 6.07) is 11.9. The molecule has 0 spiro atoms. The fourth-order valence-corrected chi connectivity index (χ4v) is 1.64. The summed E-state index contributed by atoms with van der Waals surface area (Å²) < 4.78 is 43.1. The summed E-state index contributed by atoms with van der Waals surface area (Å²) in [6.45, 7) is 3.75. The van der Waals surface area contributed by atoms with Gasteiger partial charge in [0.1, 0.15) is 11.5 Å². The Morgan fingerprint density at radius 2 is 1.58 bits per heavy atom. The molecule has 0 saturated heterocycles. The lowest BCUT2D eigenvalue weighted by molar-refractivity contribution is -0.137. The second-order valence-electron chi connectivity index (χ2n) is 4.03. The van der Waals surface area contributed by atoms with Gasteiger partial charge in [0.05, 0.1) is 5.56 Å². The molecular formula is C15H12F3O. The van der Waals surface area contributed by atoms with E-state index in [9.17, 15) is 13.2 Å². The van der Waals surface area contributed by atoms with Gasteiger partial charge in [-0.2, -0.15) is 13.2 Å². The molecule has 0 heterocycles. The van der Waals surface area contributed by atoms with Crippen LogP contribution in [0.15, 0.2) is 48.5 Å². The summed E-state index contributed by atoms with van der Waals surface area (Å²) in [7, 11) is 0. The van der Waals surface area contributed by atoms with Crippen molar-refractivity contribution >= 4 is 0 Å². The van der Waals surface area contributed by atoms with Gasteiger partial charge < -0.3 is 4.74 Å². The van der Waals surface area contributed by atoms with Crippen LogP contribution in [0.2, 0.25) is 0 Å². The molecule has 0 amide bonds. The molecule has 2 aromatic rings. The van der Waals surface area contributed by atoms with Crippen LogP contribution >= 0.6 is 0 Å². The second kappa shape index (κ2) is 5.34. The van der Waals surface area contributed by atoms with Crippen LogP contribution in [0.3, 0.4) is 0 Å². The van der Waals surface area contributed by atoms with Crippen molar-refractivity contribution in [3.05, 3.63) is 66.6 Å². The molecule has 0 bridgehead atoms. The van der Waals surface area contributed by atoms with Crippen LogP contribution in [0.25, 0.3) is 0 Å². The van der Waals surface area contributed by atoms with E-state index in [-0.39, 0.29) is 5.75 Å². The minimum atomic E-state index is -4.37. The maximum atomic E-state index is 12.6. The van der Waals surface area contributed by atoms with Crippen LogP contribution in [-0.2, 0) is 12.6 Å². The van der Waals surface area contributed by atoms with Gasteiger partial charge in [0.25, 0.3) is 0 Å². The molecule has 4 heteroatoms. The maximum Gasteiger partial charge on any atom is 0.416 e. The zero-order chi connectivity index (χ0) is 13.9. The molecule has 0 aliphatic carbocycles. The Bertz CT molecular complexity index is 561. The molecule has 0 aliphatic rings. The fraction of sp³-hybridized carbons (Fsp3) is 0.133. The Labute approximate surface area is 109 Å². The van der Waals surface area contributed by atoms with Gasteiger partial charge >= 0.3 is 6.18 Å². The van der Waals surface area contributed by atoms with Crippen LogP contribution in [0.5, 0.6) is 11.5 Å². The van der Waals surface area contributed by atoms with Crippen molar-refractivity contribution in [2.24, 2.45) is 0 Å². The van der Waals surface area contributed by atoms with Crippen molar-refractivity contribution in [1.82, 2.24) is 0 Å². The lowest BCUT2D eigenvalue weighted by Crippen LogP contribution is -2.04. The first-order valence-corrected chi connectivity index (χ1v) is 5.72. The number of ether oxygens (including phenoxy) is 1. The Hall–Kier alpha value is -1.97. The van der Waals surface area contributed by atoms with E-state index in [0.29, 0.717) is 12.2 Å². The molecule has 0 aliphatic heterocycles. The fourth-order valence-electron chi connectivity index (χ4n) is 1.64. The Morgan fingerprint density at radius 3 is 2.21 bits per heavy atom. The molecule has 2 aromatic carbocycles. The zero-order valence-corrected chi connectivity index (χ0v) is 10.1. The molecule has 0 N–H and O–H groups in total. The highest BCUT2D eigenvalue weighted by molar-refractivity contribution is 5.36. The summed E-state index contributed by atoms with van der Waals surface area (Å²) in [5.41, 5.74) is 0.239. The van der Waals surface area contributed by atoms with Crippen molar-refractivity contribution in [2.75, 3.05) is 0 Å². The third-order valence-corrected chi connectivity index (χ3v) is 2.58. The van der Waals surface area contributed by atoms with E-state index in [1.54, 1.807) is 18.2 Å². The lowest BCUT2D eigenvalue weighted by Gasteiger charge is -2.10. The highest BCUT2D eigenvalue weighted by Gasteiger charge is 2.30. The minimum absolute atomic E-state index is 0.163. The predicted molar refractivity (Wildman–Crippen MR) is 67.0 cm³/mol. The Morgan fingerprint density at radius 1 is 0.947 bits per heavy atom. The molecule has 0 unspecified atom stereocenters. The standard InChI is InChI=1S/C15H12F3O/c1-2-11-5-3-7-13(9-11)19-14-8-4-6-12(10-14)15(16,17)18/h3-10H,1-2H2. The molecule has 0 saturated carbocycles. The molecule has 0 fully saturated rings. The smallest absolute Gasteiger partial charge is 0.416 e. The number of hydrogen-bond acceptors (Lipinski definition) is 1. The molecular weight excluding hydrogens is 253 g/mol. The Balaban J connectivity index is 2.23. The van der Waals surface area contributed by atoms with Crippen molar-refractivity contribution in [3.8, 4) is 11.5 Å². The topological polar surface area (TPSA) is 9.23 Å². The molecule has 1 radical (unpaired) electrons. The van der Waals surface area contributed by atoms with Crippen LogP contribution in [-0.4, -0.2) is 0 Å². The maximum absolute atomic E-state index is 12.6. The highest BCUT2D eigenvalue weighted by atomic mass is 19.4. The number of alkyl halides is 3. The number of halogens is 3. The van der Waals surface area contributed by atoms with E-state index in [1.807, 2.05) is 6.07 Å². The summed E-state index contributed by atoms with van der Waals surface area (Å²) >= 11 is 0. The van der Waals surface area contributed by atoms with Gasteiger partial charge in [-0.1, -0.05) is 18.2 Å². The van der Waals surface area contributed by atoms with Gasteiger partial charge in [0, 0.05) is 0 Å². The van der Waals surface area contributed by atoms with Crippen LogP contribution < -0.4 is 4.74 Å². The van der Waals surface area contributed by atoms with Crippen molar-refractivity contribution in [1.29, 1.82) is 0 Å². The van der Waals surface area contributed by atoms with Crippen LogP contribution in [0.1, 0.15) is 11.1 Å². The van der Waals surface area contributed by atoms with E-state index in [0.717, 1.165) is 17.7 Å². The lowest BCUT2D eigenvalue weighted by atomic mass is 10.1. The van der Waals surface area contributed by atoms with E-state index < -0.39 is 11.7 Å². The summed E-state index contributed by atoms with van der Waals surface area (Å²) in [5, 5.41) is 0. The Kier molecular flexibility index (Phi) is 3.79. The van der Waals surface area contributed by atoms with Crippen LogP contribution in [0, 0.1) is 6.92 Å². The molecule has 99 valence electrons. The van der Waals surface area contributed by atoms with E-state index >= 15 is 0 Å². The first-order chi connectivity index (χ1) is 8.99. The largest absolute Gasteiger partial charge is 0.457 e. The number of hydrogen-bond donors (Lipinski definition) is 0. The van der Waals surface area contributed by atoms with Gasteiger partial charge in [-0.3, -0.25) is 0 Å². The van der Waals surface area contributed by atoms with E-state index in [1.165, 1.54) is 12.1 Å². The summed E-state index contributed by atoms with van der Waals surface area (Å²) in [4.78, 5) is 0. The molecule has 0 aromatic heterocycles. The van der Waals surface area contributed by atoms with Crippen molar-refractivity contribution < 1.29 is 17.9 Å². The monoisotopic (exact) mass is 265 g/mol. The summed E-state index contributed by atoms with van der Waals surface area (Å²) in [5.74, 6) is 0.663. The van der Waals surface area contributed by atoms with Gasteiger partial charge in [-0.15, -0.1) is 0 Å². The van der Waals surface area contributed by atoms with Crippen LogP contribution in [0.4, 0.5) is 13.2 Å². The number of benzene rings is 2. The third kappa shape index (κ3) is 3.50. The quantitative estimate of drug-likeness (QED) is 0.769. The van der Waals surface area contributed by atoms with Gasteiger partial charge in [0.15, 0.2) is 0 Å². The minimum Gasteiger partial charge on any atom is -0.457 e. The number of rotatable bonds is 3. The highest BCUT2D eigenvalue weighted by Crippen LogP contribution is 2.32. The van der Waals surface area contributed by atoms with Gasteiger partial charge in [-0.05, 0) is 49.2 Å². The average Bonchev–Trinajstić information content (AvgIpc) is 2.38. The first-order valence-electron chi connectivity index (χ1n) is 5.72. The third-order valence-electron chi connectivity index (χ3n) is 2.58. The molecule has 0 atom stereocenters. The van der Waals surface area contributed by atoms with Crippen molar-refractivity contribution in [3.63, 3.8) is 0 Å². The van der Waals surface area contributed by atoms with Gasteiger partial charge in [-0.25, -0.2) is 0 Å². The van der Waals surface area contributed by atoms with Crippen molar-refractivity contribution in [2.45, 2.75) is 12.6 Å². The average molecular weight is 265 g/mol.